The van der Waals surface area contributed by atoms with Crippen LogP contribution in [0.5, 0.6) is 0 Å². The van der Waals surface area contributed by atoms with Gasteiger partial charge in [-0.1, -0.05) is 0 Å². The Hall–Kier alpha value is -1.09. The van der Waals surface area contributed by atoms with E-state index < -0.39 is 27.3 Å². The average Bonchev–Trinajstić information content (AvgIpc) is 2.40. The number of nitrogens with zero attached hydrogens (tertiary/aromatic N) is 2. The van der Waals surface area contributed by atoms with E-state index >= 15 is 0 Å². The molecule has 1 aliphatic rings. The zero-order chi connectivity index (χ0) is 16.5. The van der Waals surface area contributed by atoms with Gasteiger partial charge < -0.3 is 5.11 Å². The molecule has 1 saturated heterocycles. The fraction of sp³-hybridized carbons (Fsp3) is 0.571. The highest BCUT2D eigenvalue weighted by molar-refractivity contribution is 7.89. The summed E-state index contributed by atoms with van der Waals surface area (Å²) >= 11 is 0. The minimum atomic E-state index is -3.83. The molecule has 1 fully saturated rings. The summed E-state index contributed by atoms with van der Waals surface area (Å²) in [4.78, 5) is 1.72. The van der Waals surface area contributed by atoms with Gasteiger partial charge in [-0.25, -0.2) is 17.2 Å². The largest absolute Gasteiger partial charge is 0.389 e. The molecule has 5 nitrogen and oxygen atoms in total. The van der Waals surface area contributed by atoms with E-state index in [9.17, 15) is 22.3 Å². The van der Waals surface area contributed by atoms with E-state index in [0.717, 1.165) is 12.1 Å². The number of benzene rings is 1. The lowest BCUT2D eigenvalue weighted by Crippen LogP contribution is -2.51. The van der Waals surface area contributed by atoms with Gasteiger partial charge in [-0.15, -0.1) is 0 Å². The van der Waals surface area contributed by atoms with E-state index in [2.05, 4.69) is 0 Å². The van der Waals surface area contributed by atoms with E-state index in [1.165, 1.54) is 4.31 Å². The molecule has 0 radical (unpaired) electrons. The molecular weight excluding hydrogens is 314 g/mol. The number of β-amino-alcohol motifs (C(OH)–C–C–N with tert-alkyl or cyclic N) is 1. The average molecular weight is 334 g/mol. The van der Waals surface area contributed by atoms with Crippen molar-refractivity contribution >= 4 is 10.0 Å². The zero-order valence-corrected chi connectivity index (χ0v) is 13.4. The second-order valence-corrected chi connectivity index (χ2v) is 8.01. The number of rotatable bonds is 4. The standard InChI is InChI=1S/C14H20F2N2O3S/c1-14(2,19)10-17-5-7-18(8-6-17)22(20,21)11-3-4-12(15)13(16)9-11/h3-4,9,19H,5-8,10H2,1-2H3. The summed E-state index contributed by atoms with van der Waals surface area (Å²) in [5.41, 5.74) is -0.846. The number of sulfonamides is 1. The van der Waals surface area contributed by atoms with Crippen molar-refractivity contribution in [3.05, 3.63) is 29.8 Å². The Balaban J connectivity index is 2.08. The fourth-order valence-corrected chi connectivity index (χ4v) is 3.90. The van der Waals surface area contributed by atoms with Gasteiger partial charge in [0.05, 0.1) is 10.5 Å². The molecule has 1 aromatic rings. The van der Waals surface area contributed by atoms with Crippen LogP contribution in [0, 0.1) is 11.6 Å². The summed E-state index contributed by atoms with van der Waals surface area (Å²) in [5, 5.41) is 9.78. The van der Waals surface area contributed by atoms with E-state index in [1.54, 1.807) is 13.8 Å². The highest BCUT2D eigenvalue weighted by Gasteiger charge is 2.30. The van der Waals surface area contributed by atoms with Crippen molar-refractivity contribution in [2.24, 2.45) is 0 Å². The van der Waals surface area contributed by atoms with Crippen molar-refractivity contribution in [1.29, 1.82) is 0 Å². The summed E-state index contributed by atoms with van der Waals surface area (Å²) in [6.45, 7) is 5.29. The molecule has 124 valence electrons. The number of hydrogen-bond donors (Lipinski definition) is 1. The van der Waals surface area contributed by atoms with Crippen molar-refractivity contribution < 1.29 is 22.3 Å². The van der Waals surface area contributed by atoms with Gasteiger partial charge in [0.25, 0.3) is 0 Å². The van der Waals surface area contributed by atoms with Gasteiger partial charge in [-0.2, -0.15) is 4.31 Å². The fourth-order valence-electron chi connectivity index (χ4n) is 2.46. The molecule has 0 aliphatic carbocycles. The molecule has 0 amide bonds. The second-order valence-electron chi connectivity index (χ2n) is 6.07. The Bertz CT molecular complexity index is 636. The summed E-state index contributed by atoms with van der Waals surface area (Å²) in [6.07, 6.45) is 0. The molecular formula is C14H20F2N2O3S. The SMILES string of the molecule is CC(C)(O)CN1CCN(S(=O)(=O)c2ccc(F)c(F)c2)CC1. The minimum Gasteiger partial charge on any atom is -0.389 e. The van der Waals surface area contributed by atoms with Crippen molar-refractivity contribution in [2.75, 3.05) is 32.7 Å². The van der Waals surface area contributed by atoms with Crippen LogP contribution in [-0.2, 0) is 10.0 Å². The van der Waals surface area contributed by atoms with Crippen LogP contribution in [0.25, 0.3) is 0 Å². The van der Waals surface area contributed by atoms with Gasteiger partial charge in [0.2, 0.25) is 10.0 Å². The lowest BCUT2D eigenvalue weighted by atomic mass is 10.1. The first kappa shape index (κ1) is 17.3. The first-order chi connectivity index (χ1) is 10.1. The van der Waals surface area contributed by atoms with Crippen LogP contribution in [0.15, 0.2) is 23.1 Å². The summed E-state index contributed by atoms with van der Waals surface area (Å²) < 4.78 is 52.2. The van der Waals surface area contributed by atoms with Crippen LogP contribution in [0.1, 0.15) is 13.8 Å². The third-order valence-corrected chi connectivity index (χ3v) is 5.37. The Morgan fingerprint density at radius 2 is 1.73 bits per heavy atom. The number of halogens is 2. The predicted molar refractivity (Wildman–Crippen MR) is 77.9 cm³/mol. The Morgan fingerprint density at radius 1 is 1.14 bits per heavy atom. The molecule has 1 aliphatic heterocycles. The van der Waals surface area contributed by atoms with E-state index in [-0.39, 0.29) is 18.0 Å². The van der Waals surface area contributed by atoms with Crippen LogP contribution < -0.4 is 0 Å². The van der Waals surface area contributed by atoms with Crippen LogP contribution in [0.3, 0.4) is 0 Å². The van der Waals surface area contributed by atoms with Gasteiger partial charge in [0.1, 0.15) is 0 Å². The maximum Gasteiger partial charge on any atom is 0.243 e. The highest BCUT2D eigenvalue weighted by atomic mass is 32.2. The van der Waals surface area contributed by atoms with Gasteiger partial charge in [0.15, 0.2) is 11.6 Å². The maximum absolute atomic E-state index is 13.2. The Morgan fingerprint density at radius 3 is 2.23 bits per heavy atom. The third-order valence-electron chi connectivity index (χ3n) is 3.47. The molecule has 2 rings (SSSR count). The minimum absolute atomic E-state index is 0.247. The first-order valence-corrected chi connectivity index (χ1v) is 8.43. The highest BCUT2D eigenvalue weighted by Crippen LogP contribution is 2.20. The maximum atomic E-state index is 13.2. The lowest BCUT2D eigenvalue weighted by Gasteiger charge is -2.36. The molecule has 0 unspecified atom stereocenters. The molecule has 0 spiro atoms. The Kier molecular flexibility index (Phi) is 4.86. The molecule has 0 atom stereocenters. The Labute approximate surface area is 129 Å². The monoisotopic (exact) mass is 334 g/mol. The smallest absolute Gasteiger partial charge is 0.243 e. The van der Waals surface area contributed by atoms with Gasteiger partial charge >= 0.3 is 0 Å². The van der Waals surface area contributed by atoms with Gasteiger partial charge in [0, 0.05) is 32.7 Å². The molecule has 0 saturated carbocycles. The number of hydrogen-bond acceptors (Lipinski definition) is 4. The molecule has 1 heterocycles. The topological polar surface area (TPSA) is 60.9 Å². The van der Waals surface area contributed by atoms with Gasteiger partial charge in [-0.3, -0.25) is 4.90 Å². The van der Waals surface area contributed by atoms with E-state index in [1.807, 2.05) is 4.90 Å². The molecule has 1 N–H and O–H groups in total. The van der Waals surface area contributed by atoms with Crippen molar-refractivity contribution in [2.45, 2.75) is 24.3 Å². The van der Waals surface area contributed by atoms with Crippen molar-refractivity contribution in [1.82, 2.24) is 9.21 Å². The number of aliphatic hydroxyl groups is 1. The normalized spacial score (nSPS) is 18.6. The van der Waals surface area contributed by atoms with Crippen LogP contribution >= 0.6 is 0 Å². The van der Waals surface area contributed by atoms with Crippen LogP contribution in [0.4, 0.5) is 8.78 Å². The van der Waals surface area contributed by atoms with Crippen LogP contribution in [-0.4, -0.2) is 61.1 Å². The first-order valence-electron chi connectivity index (χ1n) is 6.99. The summed E-state index contributed by atoms with van der Waals surface area (Å²) in [7, 11) is -3.83. The van der Waals surface area contributed by atoms with Gasteiger partial charge in [-0.05, 0) is 32.0 Å². The van der Waals surface area contributed by atoms with E-state index in [0.29, 0.717) is 25.7 Å². The summed E-state index contributed by atoms with van der Waals surface area (Å²) in [5.74, 6) is -2.25. The second kappa shape index (κ2) is 6.19. The molecule has 0 aromatic heterocycles. The van der Waals surface area contributed by atoms with Crippen molar-refractivity contribution in [3.63, 3.8) is 0 Å². The quantitative estimate of drug-likeness (QED) is 0.894. The van der Waals surface area contributed by atoms with E-state index in [4.69, 9.17) is 0 Å². The lowest BCUT2D eigenvalue weighted by molar-refractivity contribution is 0.0263. The molecule has 0 bridgehead atoms. The summed E-state index contributed by atoms with van der Waals surface area (Å²) in [6, 6.07) is 2.58. The molecule has 1 aromatic carbocycles. The number of piperazine rings is 1. The third kappa shape index (κ3) is 4.01. The zero-order valence-electron chi connectivity index (χ0n) is 12.6. The van der Waals surface area contributed by atoms with Crippen molar-refractivity contribution in [3.8, 4) is 0 Å². The van der Waals surface area contributed by atoms with Crippen LogP contribution in [0.2, 0.25) is 0 Å². The molecule has 22 heavy (non-hydrogen) atoms. The predicted octanol–water partition coefficient (Wildman–Crippen LogP) is 1.04. The molecule has 8 heteroatoms.